The van der Waals surface area contributed by atoms with Gasteiger partial charge in [-0.05, 0) is 136 Å². The van der Waals surface area contributed by atoms with Crippen LogP contribution in [-0.2, 0) is 32.9 Å². The molecule has 2 aliphatic rings. The summed E-state index contributed by atoms with van der Waals surface area (Å²) in [7, 11) is 5.46. The third-order valence-electron chi connectivity index (χ3n) is 13.7. The molecule has 322 valence electrons. The zero-order chi connectivity index (χ0) is 43.3. The van der Waals surface area contributed by atoms with Crippen LogP contribution in [0.3, 0.4) is 0 Å². The quantitative estimate of drug-likeness (QED) is 0.121. The Morgan fingerprint density at radius 1 is 0.532 bits per heavy atom. The maximum absolute atomic E-state index is 14.3. The number of hydrogen-bond donors (Lipinski definition) is 2. The Hall–Kier alpha value is -5.80. The summed E-state index contributed by atoms with van der Waals surface area (Å²) in [5.74, 6) is 1.15. The van der Waals surface area contributed by atoms with Crippen LogP contribution in [0.25, 0.3) is 0 Å². The molecule has 0 aliphatic heterocycles. The first-order valence-corrected chi connectivity index (χ1v) is 22.6. The molecule has 2 N–H and O–H groups in total. The molecule has 4 aromatic carbocycles. The van der Waals surface area contributed by atoms with E-state index in [0.29, 0.717) is 48.9 Å². The van der Waals surface area contributed by atoms with E-state index < -0.39 is 0 Å². The van der Waals surface area contributed by atoms with Crippen molar-refractivity contribution in [1.29, 1.82) is 0 Å². The standard InChI is InChI=1S/C53H61N5O4/c1-35-11-8-12-36(29-35)33-46-48(54-52(61)57(4)50(46)59)43-25-21-42(22-26-43)45-18-10-15-38(32-45)30-37-13-9-14-39(31-37)34-47-49(55-53(62)58(51(47)60)28-27-56(2)3)44-23-19-41(20-24-44)40-16-6-5-7-17-40/h5-18,29,31-32,41-44H,19-28,30,33-34H2,1-4H3,(H,54,61)(H,55,62). The molecule has 0 radical (unpaired) electrons. The minimum Gasteiger partial charge on any atom is -0.310 e. The topological polar surface area (TPSA) is 113 Å². The fraction of sp³-hybridized carbons (Fsp3) is 0.396. The van der Waals surface area contributed by atoms with Crippen molar-refractivity contribution in [3.8, 4) is 0 Å². The first-order chi connectivity index (χ1) is 30.0. The van der Waals surface area contributed by atoms with Crippen molar-refractivity contribution in [2.45, 2.75) is 108 Å². The van der Waals surface area contributed by atoms with Gasteiger partial charge in [0.25, 0.3) is 11.1 Å². The lowest BCUT2D eigenvalue weighted by molar-refractivity contribution is 0.369. The molecule has 0 unspecified atom stereocenters. The molecule has 2 saturated carbocycles. The Morgan fingerprint density at radius 3 is 1.63 bits per heavy atom. The zero-order valence-corrected chi connectivity index (χ0v) is 36.8. The average molecular weight is 832 g/mol. The third-order valence-corrected chi connectivity index (χ3v) is 13.7. The van der Waals surface area contributed by atoms with Crippen LogP contribution in [0.5, 0.6) is 0 Å². The van der Waals surface area contributed by atoms with Crippen molar-refractivity contribution in [1.82, 2.24) is 24.0 Å². The minimum absolute atomic E-state index is 0.128. The molecule has 9 nitrogen and oxygen atoms in total. The molecular formula is C53H61N5O4. The highest BCUT2D eigenvalue weighted by Crippen LogP contribution is 2.42. The summed E-state index contributed by atoms with van der Waals surface area (Å²) < 4.78 is 2.59. The molecule has 0 saturated heterocycles. The summed E-state index contributed by atoms with van der Waals surface area (Å²) in [5.41, 5.74) is 10.4. The van der Waals surface area contributed by atoms with Crippen LogP contribution in [-0.4, -0.2) is 44.6 Å². The lowest BCUT2D eigenvalue weighted by Gasteiger charge is -2.30. The SMILES string of the molecule is Cc1cccc(Cc2c(C3CCC(c4cccc(Cc5cccc(Cc6c(C7CCC(c8ccccc8)CC7)[nH]c(=O)n(CCN(C)C)c6=O)c5)c4)CC3)[nH]c(=O)n(C)c2=O)c1. The van der Waals surface area contributed by atoms with Crippen LogP contribution in [0.4, 0.5) is 0 Å². The van der Waals surface area contributed by atoms with E-state index in [1.807, 2.05) is 31.1 Å². The smallest absolute Gasteiger partial charge is 0.310 e. The van der Waals surface area contributed by atoms with E-state index in [1.165, 1.54) is 31.4 Å². The summed E-state index contributed by atoms with van der Waals surface area (Å²) in [6, 6.07) is 36.4. The van der Waals surface area contributed by atoms with E-state index in [4.69, 9.17) is 0 Å². The highest BCUT2D eigenvalue weighted by molar-refractivity contribution is 5.37. The predicted octanol–water partition coefficient (Wildman–Crippen LogP) is 8.45. The second kappa shape index (κ2) is 19.1. The van der Waals surface area contributed by atoms with E-state index in [1.54, 1.807) is 7.05 Å². The van der Waals surface area contributed by atoms with E-state index in [9.17, 15) is 19.2 Å². The van der Waals surface area contributed by atoms with Crippen molar-refractivity contribution in [3.63, 3.8) is 0 Å². The Labute approximate surface area is 364 Å². The van der Waals surface area contributed by atoms with Crippen LogP contribution in [0.1, 0.15) is 136 Å². The van der Waals surface area contributed by atoms with E-state index >= 15 is 0 Å². The molecule has 0 amide bonds. The molecule has 8 rings (SSSR count). The number of rotatable bonds is 13. The molecule has 9 heteroatoms. The van der Waals surface area contributed by atoms with Crippen molar-refractivity contribution < 1.29 is 0 Å². The summed E-state index contributed by atoms with van der Waals surface area (Å²) in [5, 5.41) is 0. The van der Waals surface area contributed by atoms with Gasteiger partial charge in [0.1, 0.15) is 0 Å². The Balaban J connectivity index is 0.976. The van der Waals surface area contributed by atoms with Gasteiger partial charge in [0, 0.05) is 55.5 Å². The number of nitrogens with one attached hydrogen (secondary N) is 2. The van der Waals surface area contributed by atoms with E-state index in [2.05, 4.69) is 108 Å². The summed E-state index contributed by atoms with van der Waals surface area (Å²) in [6.07, 6.45) is 9.42. The molecule has 2 aliphatic carbocycles. The number of benzene rings is 4. The molecular weight excluding hydrogens is 771 g/mol. The number of aromatic nitrogens is 4. The zero-order valence-electron chi connectivity index (χ0n) is 36.8. The van der Waals surface area contributed by atoms with Crippen LogP contribution in [0.2, 0.25) is 0 Å². The van der Waals surface area contributed by atoms with Gasteiger partial charge in [-0.2, -0.15) is 0 Å². The fourth-order valence-electron chi connectivity index (χ4n) is 10.3. The number of aromatic amines is 2. The molecule has 6 aromatic rings. The fourth-order valence-corrected chi connectivity index (χ4v) is 10.3. The minimum atomic E-state index is -0.352. The van der Waals surface area contributed by atoms with Gasteiger partial charge in [0.05, 0.1) is 0 Å². The molecule has 0 spiro atoms. The van der Waals surface area contributed by atoms with E-state index in [0.717, 1.165) is 85.9 Å². The molecule has 62 heavy (non-hydrogen) atoms. The molecule has 0 atom stereocenters. The number of likely N-dealkylation sites (N-methyl/N-ethyl adjacent to an activating group) is 1. The summed E-state index contributed by atoms with van der Waals surface area (Å²) >= 11 is 0. The molecule has 2 heterocycles. The van der Waals surface area contributed by atoms with Gasteiger partial charge in [-0.1, -0.05) is 109 Å². The summed E-state index contributed by atoms with van der Waals surface area (Å²) in [6.45, 7) is 3.00. The van der Waals surface area contributed by atoms with Gasteiger partial charge in [0.15, 0.2) is 0 Å². The monoisotopic (exact) mass is 831 g/mol. The van der Waals surface area contributed by atoms with E-state index in [-0.39, 0.29) is 34.3 Å². The maximum Gasteiger partial charge on any atom is 0.328 e. The lowest BCUT2D eigenvalue weighted by atomic mass is 9.76. The average Bonchev–Trinajstić information content (AvgIpc) is 3.28. The van der Waals surface area contributed by atoms with Crippen molar-refractivity contribution in [3.05, 3.63) is 206 Å². The van der Waals surface area contributed by atoms with Gasteiger partial charge in [0.2, 0.25) is 0 Å². The van der Waals surface area contributed by atoms with Crippen molar-refractivity contribution in [2.24, 2.45) is 7.05 Å². The molecule has 2 fully saturated rings. The maximum atomic E-state index is 14.3. The van der Waals surface area contributed by atoms with Gasteiger partial charge in [-0.3, -0.25) is 18.7 Å². The number of H-pyrrole nitrogens is 2. The molecule has 2 aromatic heterocycles. The highest BCUT2D eigenvalue weighted by atomic mass is 16.2. The summed E-state index contributed by atoms with van der Waals surface area (Å²) in [4.78, 5) is 62.4. The van der Waals surface area contributed by atoms with Crippen LogP contribution in [0.15, 0.2) is 122 Å². The predicted molar refractivity (Wildman–Crippen MR) is 249 cm³/mol. The first-order valence-electron chi connectivity index (χ1n) is 22.6. The normalized spacial score (nSPS) is 19.2. The molecule has 0 bridgehead atoms. The van der Waals surface area contributed by atoms with Crippen molar-refractivity contribution in [2.75, 3.05) is 20.6 Å². The van der Waals surface area contributed by atoms with Gasteiger partial charge in [-0.25, -0.2) is 9.59 Å². The number of hydrogen-bond acceptors (Lipinski definition) is 5. The second-order valence-electron chi connectivity index (χ2n) is 18.4. The third kappa shape index (κ3) is 9.79. The Kier molecular flexibility index (Phi) is 13.2. The first kappa shape index (κ1) is 42.9. The Morgan fingerprint density at radius 2 is 1.02 bits per heavy atom. The highest BCUT2D eigenvalue weighted by Gasteiger charge is 2.29. The van der Waals surface area contributed by atoms with Crippen molar-refractivity contribution >= 4 is 0 Å². The van der Waals surface area contributed by atoms with Crippen LogP contribution < -0.4 is 22.5 Å². The van der Waals surface area contributed by atoms with Gasteiger partial charge >= 0.3 is 11.4 Å². The Bertz CT molecular complexity index is 2740. The largest absolute Gasteiger partial charge is 0.328 e. The lowest BCUT2D eigenvalue weighted by Crippen LogP contribution is -2.41. The number of aryl methyl sites for hydroxylation is 1. The van der Waals surface area contributed by atoms with Crippen LogP contribution >= 0.6 is 0 Å². The van der Waals surface area contributed by atoms with Gasteiger partial charge in [-0.15, -0.1) is 0 Å². The van der Waals surface area contributed by atoms with Gasteiger partial charge < -0.3 is 14.9 Å². The second-order valence-corrected chi connectivity index (χ2v) is 18.4. The number of nitrogens with zero attached hydrogens (tertiary/aromatic N) is 3. The van der Waals surface area contributed by atoms with Crippen LogP contribution in [0, 0.1) is 6.92 Å².